The molecule has 0 aromatic heterocycles. The number of amides is 1. The average Bonchev–Trinajstić information content (AvgIpc) is 2.31. The number of hydrogen-bond donors (Lipinski definition) is 2. The highest BCUT2D eigenvalue weighted by atomic mass is 16.6. The third-order valence-corrected chi connectivity index (χ3v) is 2.53. The Morgan fingerprint density at radius 3 is 2.29 bits per heavy atom. The predicted molar refractivity (Wildman–Crippen MR) is 78.7 cm³/mol. The van der Waals surface area contributed by atoms with Crippen LogP contribution >= 0.6 is 0 Å². The molecule has 0 radical (unpaired) electrons. The van der Waals surface area contributed by atoms with Crippen molar-refractivity contribution in [1.29, 1.82) is 0 Å². The number of esters is 1. The van der Waals surface area contributed by atoms with E-state index in [-0.39, 0.29) is 12.8 Å². The third kappa shape index (κ3) is 8.83. The van der Waals surface area contributed by atoms with Gasteiger partial charge >= 0.3 is 11.9 Å². The molecule has 0 saturated heterocycles. The summed E-state index contributed by atoms with van der Waals surface area (Å²) in [5.74, 6) is -2.09. The second-order valence-corrected chi connectivity index (χ2v) is 5.78. The second kappa shape index (κ2) is 8.44. The Balaban J connectivity index is 4.52. The van der Waals surface area contributed by atoms with Crippen molar-refractivity contribution < 1.29 is 24.2 Å². The molecule has 1 amide bonds. The molecule has 2 N–H and O–H groups in total. The SMILES string of the molecule is CC/C=C(/C)C(=O)N[C@H](CCC(=O)OC(C)(C)C)C(=O)O. The summed E-state index contributed by atoms with van der Waals surface area (Å²) in [5.41, 5.74) is -0.152. The van der Waals surface area contributed by atoms with Gasteiger partial charge in [0.1, 0.15) is 11.6 Å². The van der Waals surface area contributed by atoms with Crippen molar-refractivity contribution in [3.05, 3.63) is 11.6 Å². The number of carboxylic acid groups (broad SMARTS) is 1. The molecule has 0 fully saturated rings. The first kappa shape index (κ1) is 19.1. The van der Waals surface area contributed by atoms with E-state index in [9.17, 15) is 14.4 Å². The minimum Gasteiger partial charge on any atom is -0.480 e. The lowest BCUT2D eigenvalue weighted by Crippen LogP contribution is -2.41. The van der Waals surface area contributed by atoms with E-state index in [0.29, 0.717) is 12.0 Å². The predicted octanol–water partition coefficient (Wildman–Crippen LogP) is 2.03. The highest BCUT2D eigenvalue weighted by molar-refractivity contribution is 5.95. The number of aliphatic carboxylic acids is 1. The molecular formula is C15H25NO5. The molecule has 0 aromatic rings. The maximum atomic E-state index is 11.8. The van der Waals surface area contributed by atoms with Crippen LogP contribution in [0.4, 0.5) is 0 Å². The Kier molecular flexibility index (Phi) is 7.70. The molecule has 0 aliphatic carbocycles. The summed E-state index contributed by atoms with van der Waals surface area (Å²) in [5, 5.41) is 11.5. The molecule has 21 heavy (non-hydrogen) atoms. The zero-order chi connectivity index (χ0) is 16.6. The van der Waals surface area contributed by atoms with Gasteiger partial charge < -0.3 is 15.2 Å². The summed E-state index contributed by atoms with van der Waals surface area (Å²) in [6.45, 7) is 8.71. The molecule has 0 aliphatic rings. The van der Waals surface area contributed by atoms with E-state index < -0.39 is 29.5 Å². The van der Waals surface area contributed by atoms with Gasteiger partial charge in [-0.05, 0) is 40.5 Å². The van der Waals surface area contributed by atoms with E-state index in [1.807, 2.05) is 6.92 Å². The van der Waals surface area contributed by atoms with Crippen molar-refractivity contribution >= 4 is 17.8 Å². The van der Waals surface area contributed by atoms with Gasteiger partial charge in [0.05, 0.1) is 0 Å². The fourth-order valence-corrected chi connectivity index (χ4v) is 1.58. The molecule has 0 rings (SSSR count). The first-order valence-electron chi connectivity index (χ1n) is 6.99. The van der Waals surface area contributed by atoms with E-state index >= 15 is 0 Å². The van der Waals surface area contributed by atoms with Crippen LogP contribution in [0.25, 0.3) is 0 Å². The Morgan fingerprint density at radius 2 is 1.86 bits per heavy atom. The molecule has 6 heteroatoms. The Labute approximate surface area is 125 Å². The van der Waals surface area contributed by atoms with Crippen LogP contribution in [0.5, 0.6) is 0 Å². The largest absolute Gasteiger partial charge is 0.480 e. The van der Waals surface area contributed by atoms with Crippen molar-refractivity contribution in [1.82, 2.24) is 5.32 Å². The minimum atomic E-state index is -1.17. The molecular weight excluding hydrogens is 274 g/mol. The number of carboxylic acids is 1. The summed E-state index contributed by atoms with van der Waals surface area (Å²) in [6.07, 6.45) is 2.33. The van der Waals surface area contributed by atoms with Gasteiger partial charge in [0.15, 0.2) is 0 Å². The van der Waals surface area contributed by atoms with E-state index in [0.717, 1.165) is 0 Å². The monoisotopic (exact) mass is 299 g/mol. The number of ether oxygens (including phenoxy) is 1. The number of carbonyl (C=O) groups excluding carboxylic acids is 2. The second-order valence-electron chi connectivity index (χ2n) is 5.78. The minimum absolute atomic E-state index is 0.00457. The molecule has 0 unspecified atom stereocenters. The molecule has 0 spiro atoms. The average molecular weight is 299 g/mol. The normalized spacial score (nSPS) is 13.5. The summed E-state index contributed by atoms with van der Waals surface area (Å²) in [7, 11) is 0. The van der Waals surface area contributed by atoms with Crippen LogP contribution in [0.3, 0.4) is 0 Å². The fraction of sp³-hybridized carbons (Fsp3) is 0.667. The highest BCUT2D eigenvalue weighted by Crippen LogP contribution is 2.10. The van der Waals surface area contributed by atoms with Gasteiger partial charge in [-0.2, -0.15) is 0 Å². The highest BCUT2D eigenvalue weighted by Gasteiger charge is 2.23. The molecule has 120 valence electrons. The number of allylic oxidation sites excluding steroid dienone is 1. The summed E-state index contributed by atoms with van der Waals surface area (Å²) >= 11 is 0. The molecule has 0 aliphatic heterocycles. The Bertz CT molecular complexity index is 420. The number of rotatable bonds is 7. The lowest BCUT2D eigenvalue weighted by Gasteiger charge is -2.20. The lowest BCUT2D eigenvalue weighted by molar-refractivity contribution is -0.155. The van der Waals surface area contributed by atoms with Crippen LogP contribution in [-0.4, -0.2) is 34.6 Å². The van der Waals surface area contributed by atoms with Crippen LogP contribution < -0.4 is 5.32 Å². The van der Waals surface area contributed by atoms with Crippen LogP contribution in [0.15, 0.2) is 11.6 Å². The van der Waals surface area contributed by atoms with Gasteiger partial charge in [-0.15, -0.1) is 0 Å². The van der Waals surface area contributed by atoms with Crippen molar-refractivity contribution in [3.8, 4) is 0 Å². The van der Waals surface area contributed by atoms with E-state index in [1.165, 1.54) is 0 Å². The summed E-state index contributed by atoms with van der Waals surface area (Å²) < 4.78 is 5.10. The van der Waals surface area contributed by atoms with E-state index in [4.69, 9.17) is 9.84 Å². The fourth-order valence-electron chi connectivity index (χ4n) is 1.58. The van der Waals surface area contributed by atoms with Crippen molar-refractivity contribution in [2.24, 2.45) is 0 Å². The summed E-state index contributed by atoms with van der Waals surface area (Å²) in [6, 6.07) is -1.11. The molecule has 6 nitrogen and oxygen atoms in total. The van der Waals surface area contributed by atoms with Gasteiger partial charge in [-0.3, -0.25) is 9.59 Å². The third-order valence-electron chi connectivity index (χ3n) is 2.53. The topological polar surface area (TPSA) is 92.7 Å². The first-order valence-corrected chi connectivity index (χ1v) is 6.99. The quantitative estimate of drug-likeness (QED) is 0.554. The van der Waals surface area contributed by atoms with Crippen molar-refractivity contribution in [2.45, 2.75) is 65.5 Å². The number of carbonyl (C=O) groups is 3. The molecule has 0 saturated carbocycles. The molecule has 1 atom stereocenters. The first-order chi connectivity index (χ1) is 9.56. The van der Waals surface area contributed by atoms with E-state index in [2.05, 4.69) is 5.32 Å². The van der Waals surface area contributed by atoms with Crippen LogP contribution in [0.2, 0.25) is 0 Å². The lowest BCUT2D eigenvalue weighted by atomic mass is 10.1. The zero-order valence-electron chi connectivity index (χ0n) is 13.4. The van der Waals surface area contributed by atoms with Gasteiger partial charge in [-0.25, -0.2) is 4.79 Å². The van der Waals surface area contributed by atoms with Crippen LogP contribution in [0.1, 0.15) is 53.9 Å². The van der Waals surface area contributed by atoms with Crippen LogP contribution in [0, 0.1) is 0 Å². The molecule has 0 bridgehead atoms. The smallest absolute Gasteiger partial charge is 0.326 e. The van der Waals surface area contributed by atoms with E-state index in [1.54, 1.807) is 33.8 Å². The van der Waals surface area contributed by atoms with Gasteiger partial charge in [0.25, 0.3) is 0 Å². The molecule has 0 heterocycles. The maximum absolute atomic E-state index is 11.8. The number of nitrogens with one attached hydrogen (secondary N) is 1. The summed E-state index contributed by atoms with van der Waals surface area (Å²) in [4.78, 5) is 34.5. The standard InChI is InChI=1S/C15H25NO5/c1-6-7-10(2)13(18)16-11(14(19)20)8-9-12(17)21-15(3,4)5/h7,11H,6,8-9H2,1-5H3,(H,16,18)(H,19,20)/b10-7-/t11-/m1/s1. The van der Waals surface area contributed by atoms with Crippen molar-refractivity contribution in [3.63, 3.8) is 0 Å². The van der Waals surface area contributed by atoms with Gasteiger partial charge in [-0.1, -0.05) is 13.0 Å². The molecule has 0 aromatic carbocycles. The maximum Gasteiger partial charge on any atom is 0.326 e. The van der Waals surface area contributed by atoms with Crippen LogP contribution in [-0.2, 0) is 19.1 Å². The van der Waals surface area contributed by atoms with Gasteiger partial charge in [0, 0.05) is 12.0 Å². The zero-order valence-corrected chi connectivity index (χ0v) is 13.4. The van der Waals surface area contributed by atoms with Crippen molar-refractivity contribution in [2.75, 3.05) is 0 Å². The Hall–Kier alpha value is -1.85. The van der Waals surface area contributed by atoms with Gasteiger partial charge in [0.2, 0.25) is 5.91 Å². The number of hydrogen-bond acceptors (Lipinski definition) is 4. The Morgan fingerprint density at radius 1 is 1.29 bits per heavy atom.